The van der Waals surface area contributed by atoms with Crippen molar-refractivity contribution in [3.8, 4) is 0 Å². The summed E-state index contributed by atoms with van der Waals surface area (Å²) in [5, 5.41) is 0. The predicted octanol–water partition coefficient (Wildman–Crippen LogP) is 4.21. The van der Waals surface area contributed by atoms with Crippen LogP contribution in [0.15, 0.2) is 45.3 Å². The van der Waals surface area contributed by atoms with Crippen molar-refractivity contribution in [2.24, 2.45) is 5.84 Å². The second-order valence-corrected chi connectivity index (χ2v) is 6.16. The molecule has 1 atom stereocenters. The zero-order valence-electron chi connectivity index (χ0n) is 10.3. The van der Waals surface area contributed by atoms with Gasteiger partial charge in [0.1, 0.15) is 5.82 Å². The van der Waals surface area contributed by atoms with E-state index < -0.39 is 6.04 Å². The van der Waals surface area contributed by atoms with E-state index >= 15 is 0 Å². The number of benzene rings is 2. The molecule has 0 aliphatic rings. The topological polar surface area (TPSA) is 38.0 Å². The van der Waals surface area contributed by atoms with Crippen LogP contribution >= 0.6 is 31.9 Å². The van der Waals surface area contributed by atoms with Crippen LogP contribution in [0.2, 0.25) is 0 Å². The zero-order valence-corrected chi connectivity index (χ0v) is 13.4. The van der Waals surface area contributed by atoms with Gasteiger partial charge in [-0.3, -0.25) is 5.84 Å². The summed E-state index contributed by atoms with van der Waals surface area (Å²) in [4.78, 5) is 0. The van der Waals surface area contributed by atoms with Crippen molar-refractivity contribution in [1.29, 1.82) is 0 Å². The number of aryl methyl sites for hydroxylation is 1. The van der Waals surface area contributed by atoms with Crippen molar-refractivity contribution in [3.63, 3.8) is 0 Å². The Labute approximate surface area is 128 Å². The standard InChI is InChI=1S/C14H13Br2FN2/c1-8-2-3-13(17)12(4-8)14(19-18)9-5-10(15)7-11(16)6-9/h2-7,14,19H,18H2,1H3. The van der Waals surface area contributed by atoms with Crippen molar-refractivity contribution in [2.45, 2.75) is 13.0 Å². The number of rotatable bonds is 3. The molecule has 0 aromatic heterocycles. The van der Waals surface area contributed by atoms with Gasteiger partial charge in [0, 0.05) is 14.5 Å². The Morgan fingerprint density at radius 2 is 1.74 bits per heavy atom. The lowest BCUT2D eigenvalue weighted by Crippen LogP contribution is -2.29. The van der Waals surface area contributed by atoms with Crippen LogP contribution in [0.3, 0.4) is 0 Å². The maximum absolute atomic E-state index is 14.0. The number of halogens is 3. The number of hydrogen-bond donors (Lipinski definition) is 2. The number of nitrogens with two attached hydrogens (primary N) is 1. The van der Waals surface area contributed by atoms with Gasteiger partial charge in [0.05, 0.1) is 6.04 Å². The summed E-state index contributed by atoms with van der Waals surface area (Å²) in [6.07, 6.45) is 0. The van der Waals surface area contributed by atoms with E-state index in [4.69, 9.17) is 5.84 Å². The monoisotopic (exact) mass is 386 g/mol. The van der Waals surface area contributed by atoms with E-state index in [1.165, 1.54) is 6.07 Å². The Kier molecular flexibility index (Phi) is 4.73. The molecule has 0 amide bonds. The Morgan fingerprint density at radius 3 is 2.32 bits per heavy atom. The molecule has 0 saturated heterocycles. The minimum atomic E-state index is -0.395. The molecule has 100 valence electrons. The summed E-state index contributed by atoms with van der Waals surface area (Å²) in [7, 11) is 0. The molecule has 2 aromatic carbocycles. The Balaban J connectivity index is 2.52. The molecule has 2 nitrogen and oxygen atoms in total. The van der Waals surface area contributed by atoms with Gasteiger partial charge in [-0.05, 0) is 36.8 Å². The maximum Gasteiger partial charge on any atom is 0.128 e. The third-order valence-corrected chi connectivity index (χ3v) is 3.76. The molecule has 0 saturated carbocycles. The van der Waals surface area contributed by atoms with Gasteiger partial charge in [0.2, 0.25) is 0 Å². The normalized spacial score (nSPS) is 12.5. The van der Waals surface area contributed by atoms with Gasteiger partial charge in [0.15, 0.2) is 0 Å². The third-order valence-electron chi connectivity index (χ3n) is 2.85. The van der Waals surface area contributed by atoms with Crippen LogP contribution in [0.25, 0.3) is 0 Å². The van der Waals surface area contributed by atoms with Gasteiger partial charge >= 0.3 is 0 Å². The molecule has 0 spiro atoms. The lowest BCUT2D eigenvalue weighted by molar-refractivity contribution is 0.559. The zero-order chi connectivity index (χ0) is 14.0. The molecule has 3 N–H and O–H groups in total. The Bertz CT molecular complexity index is 582. The number of hydrogen-bond acceptors (Lipinski definition) is 2. The molecule has 0 fully saturated rings. The van der Waals surface area contributed by atoms with Crippen LogP contribution in [0, 0.1) is 12.7 Å². The van der Waals surface area contributed by atoms with E-state index in [1.807, 2.05) is 25.1 Å². The second kappa shape index (κ2) is 6.13. The van der Waals surface area contributed by atoms with Gasteiger partial charge in [-0.15, -0.1) is 0 Å². The summed E-state index contributed by atoms with van der Waals surface area (Å²) in [5.74, 6) is 5.34. The Morgan fingerprint density at radius 1 is 1.11 bits per heavy atom. The summed E-state index contributed by atoms with van der Waals surface area (Å²) < 4.78 is 15.8. The highest BCUT2D eigenvalue weighted by molar-refractivity contribution is 9.11. The van der Waals surface area contributed by atoms with E-state index in [-0.39, 0.29) is 5.82 Å². The SMILES string of the molecule is Cc1ccc(F)c(C(NN)c2cc(Br)cc(Br)c2)c1. The molecule has 0 aliphatic heterocycles. The molecular formula is C14H13Br2FN2. The first-order chi connectivity index (χ1) is 9.01. The summed E-state index contributed by atoms with van der Waals surface area (Å²) in [6, 6.07) is 10.4. The van der Waals surface area contributed by atoms with Gasteiger partial charge in [-0.2, -0.15) is 0 Å². The summed E-state index contributed by atoms with van der Waals surface area (Å²) in [5.41, 5.74) is 5.08. The van der Waals surface area contributed by atoms with Crippen molar-refractivity contribution >= 4 is 31.9 Å². The first-order valence-electron chi connectivity index (χ1n) is 5.69. The third kappa shape index (κ3) is 3.42. The molecule has 0 bridgehead atoms. The molecule has 19 heavy (non-hydrogen) atoms. The highest BCUT2D eigenvalue weighted by Crippen LogP contribution is 2.29. The highest BCUT2D eigenvalue weighted by atomic mass is 79.9. The maximum atomic E-state index is 14.0. The molecule has 2 rings (SSSR count). The van der Waals surface area contributed by atoms with Crippen molar-refractivity contribution in [1.82, 2.24) is 5.43 Å². The molecule has 0 aliphatic carbocycles. The summed E-state index contributed by atoms with van der Waals surface area (Å²) >= 11 is 6.85. The first-order valence-corrected chi connectivity index (χ1v) is 7.28. The highest BCUT2D eigenvalue weighted by Gasteiger charge is 2.17. The van der Waals surface area contributed by atoms with Gasteiger partial charge in [0.25, 0.3) is 0 Å². The van der Waals surface area contributed by atoms with Crippen LogP contribution in [0.4, 0.5) is 4.39 Å². The van der Waals surface area contributed by atoms with Crippen LogP contribution < -0.4 is 11.3 Å². The van der Waals surface area contributed by atoms with E-state index in [0.29, 0.717) is 5.56 Å². The van der Waals surface area contributed by atoms with Crippen LogP contribution in [0.5, 0.6) is 0 Å². The Hall–Kier alpha value is -0.750. The minimum Gasteiger partial charge on any atom is -0.271 e. The van der Waals surface area contributed by atoms with Crippen LogP contribution in [0.1, 0.15) is 22.7 Å². The van der Waals surface area contributed by atoms with E-state index in [2.05, 4.69) is 37.3 Å². The largest absolute Gasteiger partial charge is 0.271 e. The fourth-order valence-electron chi connectivity index (χ4n) is 1.99. The van der Waals surface area contributed by atoms with E-state index in [1.54, 1.807) is 12.1 Å². The number of nitrogens with one attached hydrogen (secondary N) is 1. The quantitative estimate of drug-likeness (QED) is 0.611. The predicted molar refractivity (Wildman–Crippen MR) is 82.1 cm³/mol. The smallest absolute Gasteiger partial charge is 0.128 e. The lowest BCUT2D eigenvalue weighted by Gasteiger charge is -2.19. The van der Waals surface area contributed by atoms with E-state index in [9.17, 15) is 4.39 Å². The first kappa shape index (κ1) is 14.7. The second-order valence-electron chi connectivity index (χ2n) is 4.33. The molecule has 1 unspecified atom stereocenters. The van der Waals surface area contributed by atoms with E-state index in [0.717, 1.165) is 20.1 Å². The summed E-state index contributed by atoms with van der Waals surface area (Å²) in [6.45, 7) is 1.92. The van der Waals surface area contributed by atoms with Gasteiger partial charge in [-0.1, -0.05) is 49.6 Å². The number of hydrazine groups is 1. The molecule has 0 heterocycles. The molecule has 5 heteroatoms. The van der Waals surface area contributed by atoms with Gasteiger partial charge in [-0.25, -0.2) is 9.82 Å². The average molecular weight is 388 g/mol. The van der Waals surface area contributed by atoms with Crippen LogP contribution in [-0.2, 0) is 0 Å². The lowest BCUT2D eigenvalue weighted by atomic mass is 9.97. The van der Waals surface area contributed by atoms with Crippen LogP contribution in [-0.4, -0.2) is 0 Å². The van der Waals surface area contributed by atoms with Crippen molar-refractivity contribution < 1.29 is 4.39 Å². The average Bonchev–Trinajstić information content (AvgIpc) is 2.33. The van der Waals surface area contributed by atoms with Crippen molar-refractivity contribution in [3.05, 3.63) is 67.9 Å². The minimum absolute atomic E-state index is 0.273. The molecular weight excluding hydrogens is 375 g/mol. The fraction of sp³-hybridized carbons (Fsp3) is 0.143. The fourth-order valence-corrected chi connectivity index (χ4v) is 3.32. The molecule has 2 aromatic rings. The van der Waals surface area contributed by atoms with Gasteiger partial charge < -0.3 is 0 Å². The molecule has 0 radical (unpaired) electrons. The van der Waals surface area contributed by atoms with Crippen molar-refractivity contribution in [2.75, 3.05) is 0 Å².